The van der Waals surface area contributed by atoms with Crippen molar-refractivity contribution in [2.45, 2.75) is 26.9 Å². The second-order valence-corrected chi connectivity index (χ2v) is 3.88. The van der Waals surface area contributed by atoms with E-state index in [4.69, 9.17) is 10.8 Å². The number of hydrogen-bond acceptors (Lipinski definition) is 3. The number of aliphatic hydroxyl groups excluding tert-OH is 1. The fourth-order valence-corrected chi connectivity index (χ4v) is 0.555. The number of carbonyl (C=O) groups is 2. The van der Waals surface area contributed by atoms with Gasteiger partial charge in [0.25, 0.3) is 0 Å². The Bertz CT molecular complexity index is 208. The van der Waals surface area contributed by atoms with E-state index in [-0.39, 0.29) is 12.5 Å². The van der Waals surface area contributed by atoms with Gasteiger partial charge in [-0.1, -0.05) is 20.8 Å². The van der Waals surface area contributed by atoms with E-state index in [1.54, 1.807) is 20.8 Å². The molecule has 0 aliphatic carbocycles. The van der Waals surface area contributed by atoms with Crippen LogP contribution in [0.25, 0.3) is 0 Å². The van der Waals surface area contributed by atoms with Crippen molar-refractivity contribution in [3.05, 3.63) is 0 Å². The molecule has 5 heteroatoms. The quantitative estimate of drug-likeness (QED) is 0.530. The van der Waals surface area contributed by atoms with Crippen LogP contribution in [0.15, 0.2) is 0 Å². The molecule has 0 aromatic carbocycles. The predicted molar refractivity (Wildman–Crippen MR) is 47.7 cm³/mol. The molecule has 0 saturated carbocycles. The van der Waals surface area contributed by atoms with Gasteiger partial charge in [0.1, 0.15) is 6.10 Å². The Morgan fingerprint density at radius 1 is 1.46 bits per heavy atom. The van der Waals surface area contributed by atoms with Crippen LogP contribution in [0, 0.1) is 5.41 Å². The summed E-state index contributed by atoms with van der Waals surface area (Å²) in [6.07, 6.45) is -1.31. The van der Waals surface area contributed by atoms with Crippen molar-refractivity contribution >= 4 is 11.8 Å². The van der Waals surface area contributed by atoms with Crippen LogP contribution in [0.2, 0.25) is 0 Å². The minimum atomic E-state index is -1.31. The summed E-state index contributed by atoms with van der Waals surface area (Å²) in [7, 11) is 0. The number of nitrogens with one attached hydrogen (secondary N) is 1. The number of amides is 2. The highest BCUT2D eigenvalue weighted by Crippen LogP contribution is 2.11. The molecule has 0 aromatic rings. The second-order valence-electron chi connectivity index (χ2n) is 3.88. The maximum absolute atomic E-state index is 11.2. The summed E-state index contributed by atoms with van der Waals surface area (Å²) in [5.41, 5.74) is 4.26. The molecular formula is C8H16N2O3. The molecule has 0 rings (SSSR count). The van der Waals surface area contributed by atoms with Crippen LogP contribution >= 0.6 is 0 Å². The van der Waals surface area contributed by atoms with Crippen LogP contribution in [0.5, 0.6) is 0 Å². The number of primary amides is 1. The summed E-state index contributed by atoms with van der Waals surface area (Å²) in [5.74, 6) is -1.07. The van der Waals surface area contributed by atoms with E-state index in [0.29, 0.717) is 0 Å². The summed E-state index contributed by atoms with van der Waals surface area (Å²) < 4.78 is 0. The third-order valence-electron chi connectivity index (χ3n) is 1.47. The Kier molecular flexibility index (Phi) is 3.87. The van der Waals surface area contributed by atoms with Gasteiger partial charge < -0.3 is 16.2 Å². The molecule has 0 aliphatic heterocycles. The zero-order valence-corrected chi connectivity index (χ0v) is 8.13. The Balaban J connectivity index is 3.91. The first-order valence-corrected chi connectivity index (χ1v) is 4.01. The third kappa shape index (κ3) is 4.47. The summed E-state index contributed by atoms with van der Waals surface area (Å²) in [5, 5.41) is 11.4. The highest BCUT2D eigenvalue weighted by atomic mass is 16.3. The van der Waals surface area contributed by atoms with Gasteiger partial charge in [0, 0.05) is 5.41 Å². The SMILES string of the molecule is CC(C)(C)C(=O)NCC(O)C(N)=O. The fourth-order valence-electron chi connectivity index (χ4n) is 0.555. The maximum Gasteiger partial charge on any atom is 0.248 e. The first-order chi connectivity index (χ1) is 5.75. The highest BCUT2D eigenvalue weighted by Gasteiger charge is 2.22. The first-order valence-electron chi connectivity index (χ1n) is 4.01. The van der Waals surface area contributed by atoms with Gasteiger partial charge in [0.15, 0.2) is 0 Å². The van der Waals surface area contributed by atoms with E-state index in [9.17, 15) is 9.59 Å². The Hall–Kier alpha value is -1.10. The zero-order valence-electron chi connectivity index (χ0n) is 8.13. The molecule has 0 radical (unpaired) electrons. The molecule has 13 heavy (non-hydrogen) atoms. The van der Waals surface area contributed by atoms with Gasteiger partial charge in [0.05, 0.1) is 6.54 Å². The van der Waals surface area contributed by atoms with Crippen LogP contribution in [0.4, 0.5) is 0 Å². The molecule has 2 amide bonds. The monoisotopic (exact) mass is 188 g/mol. The van der Waals surface area contributed by atoms with Crippen molar-refractivity contribution in [3.8, 4) is 0 Å². The number of carbonyl (C=O) groups excluding carboxylic acids is 2. The standard InChI is InChI=1S/C8H16N2O3/c1-8(2,3)7(13)10-4-5(11)6(9)12/h5,11H,4H2,1-3H3,(H2,9,12)(H,10,13). The lowest BCUT2D eigenvalue weighted by Gasteiger charge is -2.18. The van der Waals surface area contributed by atoms with E-state index in [1.165, 1.54) is 0 Å². The van der Waals surface area contributed by atoms with Crippen molar-refractivity contribution in [1.82, 2.24) is 5.32 Å². The first kappa shape index (κ1) is 11.9. The van der Waals surface area contributed by atoms with Crippen molar-refractivity contribution in [3.63, 3.8) is 0 Å². The third-order valence-corrected chi connectivity index (χ3v) is 1.47. The molecule has 5 nitrogen and oxygen atoms in total. The summed E-state index contributed by atoms with van der Waals surface area (Å²) in [4.78, 5) is 21.6. The van der Waals surface area contributed by atoms with E-state index in [1.807, 2.05) is 0 Å². The lowest BCUT2D eigenvalue weighted by atomic mass is 9.96. The van der Waals surface area contributed by atoms with Crippen molar-refractivity contribution in [1.29, 1.82) is 0 Å². The van der Waals surface area contributed by atoms with Gasteiger partial charge in [-0.3, -0.25) is 9.59 Å². The topological polar surface area (TPSA) is 92.4 Å². The van der Waals surface area contributed by atoms with Gasteiger partial charge in [-0.15, -0.1) is 0 Å². The molecule has 1 atom stereocenters. The molecule has 0 aliphatic rings. The molecule has 0 fully saturated rings. The van der Waals surface area contributed by atoms with Gasteiger partial charge >= 0.3 is 0 Å². The molecule has 0 saturated heterocycles. The molecule has 0 heterocycles. The van der Waals surface area contributed by atoms with Gasteiger partial charge in [0.2, 0.25) is 11.8 Å². The Labute approximate surface area is 77.3 Å². The largest absolute Gasteiger partial charge is 0.381 e. The van der Waals surface area contributed by atoms with Crippen LogP contribution < -0.4 is 11.1 Å². The molecule has 0 aromatic heterocycles. The van der Waals surface area contributed by atoms with E-state index < -0.39 is 17.4 Å². The smallest absolute Gasteiger partial charge is 0.248 e. The van der Waals surface area contributed by atoms with Gasteiger partial charge in [-0.2, -0.15) is 0 Å². The lowest BCUT2D eigenvalue weighted by Crippen LogP contribution is -2.43. The van der Waals surface area contributed by atoms with Crippen molar-refractivity contribution in [2.24, 2.45) is 11.1 Å². The van der Waals surface area contributed by atoms with Crippen LogP contribution in [-0.2, 0) is 9.59 Å². The molecule has 0 bridgehead atoms. The minimum absolute atomic E-state index is 0.133. The molecule has 0 spiro atoms. The number of aliphatic hydroxyl groups is 1. The summed E-state index contributed by atoms with van der Waals surface area (Å²) in [6, 6.07) is 0. The fraction of sp³-hybridized carbons (Fsp3) is 0.750. The normalized spacial score (nSPS) is 13.5. The Morgan fingerprint density at radius 3 is 2.23 bits per heavy atom. The predicted octanol–water partition coefficient (Wildman–Crippen LogP) is -1.01. The van der Waals surface area contributed by atoms with Gasteiger partial charge in [-0.05, 0) is 0 Å². The molecule has 76 valence electrons. The average molecular weight is 188 g/mol. The number of rotatable bonds is 3. The number of nitrogens with two attached hydrogens (primary N) is 1. The zero-order chi connectivity index (χ0) is 10.6. The van der Waals surface area contributed by atoms with Crippen LogP contribution in [0.3, 0.4) is 0 Å². The Morgan fingerprint density at radius 2 is 1.92 bits per heavy atom. The average Bonchev–Trinajstić information content (AvgIpc) is 1.97. The van der Waals surface area contributed by atoms with E-state index >= 15 is 0 Å². The second kappa shape index (κ2) is 4.23. The van der Waals surface area contributed by atoms with Crippen molar-refractivity contribution < 1.29 is 14.7 Å². The van der Waals surface area contributed by atoms with E-state index in [2.05, 4.69) is 5.32 Å². The summed E-state index contributed by atoms with van der Waals surface area (Å²) >= 11 is 0. The van der Waals surface area contributed by atoms with E-state index in [0.717, 1.165) is 0 Å². The molecule has 4 N–H and O–H groups in total. The molecule has 1 unspecified atom stereocenters. The maximum atomic E-state index is 11.2. The van der Waals surface area contributed by atoms with Gasteiger partial charge in [-0.25, -0.2) is 0 Å². The highest BCUT2D eigenvalue weighted by molar-refractivity contribution is 5.83. The van der Waals surface area contributed by atoms with Crippen LogP contribution in [-0.4, -0.2) is 29.6 Å². The lowest BCUT2D eigenvalue weighted by molar-refractivity contribution is -0.130. The van der Waals surface area contributed by atoms with Crippen LogP contribution in [0.1, 0.15) is 20.8 Å². The summed E-state index contributed by atoms with van der Waals surface area (Å²) in [6.45, 7) is 5.07. The minimum Gasteiger partial charge on any atom is -0.381 e. The molecular weight excluding hydrogens is 172 g/mol. The van der Waals surface area contributed by atoms with Crippen molar-refractivity contribution in [2.75, 3.05) is 6.54 Å². The number of hydrogen-bond donors (Lipinski definition) is 3.